The molecular formula is C78H152O17P2. The maximum Gasteiger partial charge on any atom is 0.472 e. The van der Waals surface area contributed by atoms with Gasteiger partial charge in [0.15, 0.2) is 12.2 Å². The van der Waals surface area contributed by atoms with E-state index in [1.54, 1.807) is 0 Å². The van der Waals surface area contributed by atoms with E-state index in [2.05, 4.69) is 34.6 Å². The molecule has 17 nitrogen and oxygen atoms in total. The summed E-state index contributed by atoms with van der Waals surface area (Å²) in [6.45, 7) is 7.29. The third-order valence-corrected chi connectivity index (χ3v) is 20.2. The highest BCUT2D eigenvalue weighted by molar-refractivity contribution is 7.47. The molecule has 0 rings (SSSR count). The van der Waals surface area contributed by atoms with Gasteiger partial charge in [-0.1, -0.05) is 362 Å². The number of unbranched alkanes of at least 4 members (excludes halogenated alkanes) is 50. The maximum atomic E-state index is 13.1. The van der Waals surface area contributed by atoms with Crippen LogP contribution in [0.15, 0.2) is 0 Å². The van der Waals surface area contributed by atoms with Crippen molar-refractivity contribution < 1.29 is 80.2 Å². The molecule has 0 radical (unpaired) electrons. The fraction of sp³-hybridized carbons (Fsp3) is 0.949. The van der Waals surface area contributed by atoms with Crippen LogP contribution in [0.3, 0.4) is 0 Å². The average Bonchev–Trinajstić information content (AvgIpc) is 1.13. The molecule has 5 atom stereocenters. The van der Waals surface area contributed by atoms with Crippen molar-refractivity contribution in [3.8, 4) is 0 Å². The fourth-order valence-electron chi connectivity index (χ4n) is 12.1. The van der Waals surface area contributed by atoms with E-state index >= 15 is 0 Å². The van der Waals surface area contributed by atoms with Crippen LogP contribution in [0.25, 0.3) is 0 Å². The Kier molecular flexibility index (Phi) is 69.6. The van der Waals surface area contributed by atoms with Crippen LogP contribution >= 0.6 is 15.6 Å². The van der Waals surface area contributed by atoms with Gasteiger partial charge in [-0.2, -0.15) is 0 Å². The molecule has 3 N–H and O–H groups in total. The van der Waals surface area contributed by atoms with E-state index in [0.717, 1.165) is 102 Å². The van der Waals surface area contributed by atoms with Crippen LogP contribution < -0.4 is 0 Å². The third-order valence-electron chi connectivity index (χ3n) is 18.3. The lowest BCUT2D eigenvalue weighted by Crippen LogP contribution is -2.30. The molecule has 0 fully saturated rings. The number of rotatable bonds is 78. The fourth-order valence-corrected chi connectivity index (χ4v) is 13.6. The molecule has 2 unspecified atom stereocenters. The summed E-state index contributed by atoms with van der Waals surface area (Å²) in [6, 6.07) is 0. The number of hydrogen-bond acceptors (Lipinski definition) is 15. The second-order valence-corrected chi connectivity index (χ2v) is 31.5. The molecule has 0 saturated carbocycles. The van der Waals surface area contributed by atoms with E-state index in [-0.39, 0.29) is 25.7 Å². The van der Waals surface area contributed by atoms with E-state index in [1.165, 1.54) is 231 Å². The predicted octanol–water partition coefficient (Wildman–Crippen LogP) is 23.3. The summed E-state index contributed by atoms with van der Waals surface area (Å²) < 4.78 is 68.5. The van der Waals surface area contributed by atoms with Crippen molar-refractivity contribution in [3.05, 3.63) is 0 Å². The molecular weight excluding hydrogens is 1270 g/mol. The van der Waals surface area contributed by atoms with Crippen molar-refractivity contribution in [3.63, 3.8) is 0 Å². The van der Waals surface area contributed by atoms with E-state index in [1.807, 2.05) is 0 Å². The first-order chi connectivity index (χ1) is 47.0. The minimum atomic E-state index is -4.96. The number of esters is 4. The smallest absolute Gasteiger partial charge is 0.462 e. The van der Waals surface area contributed by atoms with Crippen LogP contribution in [0, 0.1) is 5.92 Å². The quantitative estimate of drug-likeness (QED) is 0.0222. The Labute approximate surface area is 594 Å². The van der Waals surface area contributed by atoms with E-state index in [9.17, 15) is 43.2 Å². The molecule has 0 aliphatic rings. The lowest BCUT2D eigenvalue weighted by molar-refractivity contribution is -0.161. The Bertz CT molecular complexity index is 1860. The first kappa shape index (κ1) is 95.1. The molecule has 0 aromatic carbocycles. The first-order valence-corrected chi connectivity index (χ1v) is 43.6. The van der Waals surface area contributed by atoms with Crippen LogP contribution in [-0.2, 0) is 65.4 Å². The minimum absolute atomic E-state index is 0.108. The van der Waals surface area contributed by atoms with Gasteiger partial charge < -0.3 is 33.8 Å². The highest BCUT2D eigenvalue weighted by Gasteiger charge is 2.30. The van der Waals surface area contributed by atoms with Crippen LogP contribution in [0.5, 0.6) is 0 Å². The highest BCUT2D eigenvalue weighted by Crippen LogP contribution is 2.45. The van der Waals surface area contributed by atoms with Crippen LogP contribution in [0.1, 0.15) is 413 Å². The number of carbonyl (C=O) groups excluding carboxylic acids is 4. The van der Waals surface area contributed by atoms with Gasteiger partial charge in [-0.3, -0.25) is 37.3 Å². The predicted molar refractivity (Wildman–Crippen MR) is 395 cm³/mol. The van der Waals surface area contributed by atoms with Crippen LogP contribution in [-0.4, -0.2) is 96.7 Å². The van der Waals surface area contributed by atoms with Crippen molar-refractivity contribution in [2.75, 3.05) is 39.6 Å². The largest absolute Gasteiger partial charge is 0.472 e. The SMILES string of the molecule is CCCCCCCCCCCCCCCCCCCCCCCC(=O)O[C@H](COC(=O)CCCCCCCCCCCCCCC(C)C)COP(=O)(O)OC[C@@H](O)COP(=O)(O)OC[C@@H](COC(=O)CCCCCCCCCC)OC(=O)CCCCCCCCCCCCCCC. The molecule has 0 spiro atoms. The van der Waals surface area contributed by atoms with Crippen molar-refractivity contribution >= 4 is 39.5 Å². The Morgan fingerprint density at radius 3 is 0.701 bits per heavy atom. The zero-order chi connectivity index (χ0) is 71.2. The molecule has 0 aromatic rings. The van der Waals surface area contributed by atoms with Crippen LogP contribution in [0.2, 0.25) is 0 Å². The molecule has 97 heavy (non-hydrogen) atoms. The molecule has 0 aliphatic heterocycles. The maximum absolute atomic E-state index is 13.1. The van der Waals surface area contributed by atoms with E-state index in [4.69, 9.17) is 37.0 Å². The normalized spacial score (nSPS) is 13.9. The molecule has 0 aromatic heterocycles. The zero-order valence-corrected chi connectivity index (χ0v) is 65.0. The Morgan fingerprint density at radius 1 is 0.278 bits per heavy atom. The average molecular weight is 1420 g/mol. The molecule has 0 amide bonds. The van der Waals surface area contributed by atoms with Gasteiger partial charge in [0, 0.05) is 25.7 Å². The van der Waals surface area contributed by atoms with E-state index < -0.39 is 97.5 Å². The molecule has 576 valence electrons. The van der Waals surface area contributed by atoms with Crippen LogP contribution in [0.4, 0.5) is 0 Å². The summed E-state index contributed by atoms with van der Waals surface area (Å²) in [5.41, 5.74) is 0. The zero-order valence-electron chi connectivity index (χ0n) is 63.2. The second kappa shape index (κ2) is 71.1. The number of carbonyl (C=O) groups is 4. The van der Waals surface area contributed by atoms with Gasteiger partial charge in [0.25, 0.3) is 0 Å². The Hall–Kier alpha value is -1.94. The molecule has 0 heterocycles. The van der Waals surface area contributed by atoms with Gasteiger partial charge in [-0.15, -0.1) is 0 Å². The second-order valence-electron chi connectivity index (χ2n) is 28.6. The summed E-state index contributed by atoms with van der Waals surface area (Å²) in [6.07, 6.45) is 61.1. The van der Waals surface area contributed by atoms with Crippen molar-refractivity contribution in [1.82, 2.24) is 0 Å². The number of ether oxygens (including phenoxy) is 4. The lowest BCUT2D eigenvalue weighted by Gasteiger charge is -2.21. The van der Waals surface area contributed by atoms with Crippen molar-refractivity contribution in [2.45, 2.75) is 432 Å². The molecule has 0 saturated heterocycles. The molecule has 0 bridgehead atoms. The number of phosphoric ester groups is 2. The number of phosphoric acid groups is 2. The van der Waals surface area contributed by atoms with E-state index in [0.29, 0.717) is 25.7 Å². The van der Waals surface area contributed by atoms with Crippen molar-refractivity contribution in [2.24, 2.45) is 5.92 Å². The number of hydrogen-bond donors (Lipinski definition) is 3. The Balaban J connectivity index is 5.18. The Morgan fingerprint density at radius 2 is 0.474 bits per heavy atom. The topological polar surface area (TPSA) is 237 Å². The van der Waals surface area contributed by atoms with Gasteiger partial charge in [0.2, 0.25) is 0 Å². The summed E-state index contributed by atoms with van der Waals surface area (Å²) >= 11 is 0. The summed E-state index contributed by atoms with van der Waals surface area (Å²) in [4.78, 5) is 72.8. The number of aliphatic hydroxyl groups is 1. The third kappa shape index (κ3) is 72.2. The van der Waals surface area contributed by atoms with Gasteiger partial charge in [0.1, 0.15) is 19.3 Å². The molecule has 19 heteroatoms. The standard InChI is InChI=1S/C78H152O17P2/c1-6-9-12-15-18-21-23-25-26-27-28-29-30-31-32-34-40-44-49-54-59-64-78(83)95-74(68-89-76(81)62-57-52-47-42-38-36-35-37-41-45-50-55-60-71(4)5)70-93-97(86,87)91-66-72(79)65-90-96(84,85)92-69-73(67-88-75(80)61-56-51-46-20-17-14-11-8-3)94-77(82)63-58-53-48-43-39-33-24-22-19-16-13-10-7-2/h71-74,79H,6-70H2,1-5H3,(H,84,85)(H,86,87)/t72-,73+,74+/m0/s1. The monoisotopic (exact) mass is 1420 g/mol. The van der Waals surface area contributed by atoms with Gasteiger partial charge in [0.05, 0.1) is 26.4 Å². The van der Waals surface area contributed by atoms with Crippen molar-refractivity contribution in [1.29, 1.82) is 0 Å². The first-order valence-electron chi connectivity index (χ1n) is 40.6. The van der Waals surface area contributed by atoms with Gasteiger partial charge in [-0.25, -0.2) is 9.13 Å². The summed E-state index contributed by atoms with van der Waals surface area (Å²) in [5.74, 6) is -1.33. The summed E-state index contributed by atoms with van der Waals surface area (Å²) in [7, 11) is -9.91. The highest BCUT2D eigenvalue weighted by atomic mass is 31.2. The lowest BCUT2D eigenvalue weighted by atomic mass is 10.0. The molecule has 0 aliphatic carbocycles. The number of aliphatic hydroxyl groups excluding tert-OH is 1. The summed E-state index contributed by atoms with van der Waals surface area (Å²) in [5, 5.41) is 10.6. The minimum Gasteiger partial charge on any atom is -0.462 e. The van der Waals surface area contributed by atoms with Gasteiger partial charge >= 0.3 is 39.5 Å². The van der Waals surface area contributed by atoms with Gasteiger partial charge in [-0.05, 0) is 31.6 Å².